The fourth-order valence-corrected chi connectivity index (χ4v) is 5.80. The van der Waals surface area contributed by atoms with Crippen LogP contribution in [0.25, 0.3) is 16.0 Å². The second-order valence-corrected chi connectivity index (χ2v) is 10.5. The highest BCUT2D eigenvalue weighted by molar-refractivity contribution is 7.99. The second-order valence-electron chi connectivity index (χ2n) is 7.90. The molecule has 0 aliphatic carbocycles. The van der Waals surface area contributed by atoms with Crippen LogP contribution < -0.4 is 15.6 Å². The van der Waals surface area contributed by atoms with Crippen LogP contribution in [0.15, 0.2) is 34.2 Å². The van der Waals surface area contributed by atoms with Gasteiger partial charge >= 0.3 is 0 Å². The largest absolute Gasteiger partial charge is 0.495 e. The Morgan fingerprint density at radius 2 is 2.00 bits per heavy atom. The van der Waals surface area contributed by atoms with Crippen molar-refractivity contribution < 1.29 is 9.53 Å². The Morgan fingerprint density at radius 3 is 2.69 bits per heavy atom. The molecular weight excluding hydrogens is 502 g/mol. The fourth-order valence-electron chi connectivity index (χ4n) is 3.66. The summed E-state index contributed by atoms with van der Waals surface area (Å²) in [6, 6.07) is 7.31. The normalized spacial score (nSPS) is 11.3. The lowest BCUT2D eigenvalue weighted by Gasteiger charge is -2.18. The van der Waals surface area contributed by atoms with Gasteiger partial charge in [-0.1, -0.05) is 62.4 Å². The molecule has 0 radical (unpaired) electrons. The molecule has 2 heterocycles. The summed E-state index contributed by atoms with van der Waals surface area (Å²) in [5, 5.41) is 3.36. The van der Waals surface area contributed by atoms with Crippen molar-refractivity contribution in [2.75, 3.05) is 39.0 Å². The van der Waals surface area contributed by atoms with Crippen molar-refractivity contribution in [2.24, 2.45) is 0 Å². The highest BCUT2D eigenvalue weighted by Gasteiger charge is 2.21. The summed E-state index contributed by atoms with van der Waals surface area (Å²) in [6.07, 6.45) is 1.93. The zero-order valence-corrected chi connectivity index (χ0v) is 23.2. The van der Waals surface area contributed by atoms with E-state index in [2.05, 4.69) is 31.0 Å². The van der Waals surface area contributed by atoms with Gasteiger partial charge in [-0.25, -0.2) is 4.98 Å². The van der Waals surface area contributed by atoms with Gasteiger partial charge in [0.1, 0.15) is 10.4 Å². The molecule has 0 atom stereocenters. The summed E-state index contributed by atoms with van der Waals surface area (Å²) in [5.74, 6) is 0.615. The molecule has 8 nitrogen and oxygen atoms in total. The van der Waals surface area contributed by atoms with Crippen LogP contribution in [-0.4, -0.2) is 64.0 Å². The van der Waals surface area contributed by atoms with E-state index >= 15 is 0 Å². The van der Waals surface area contributed by atoms with E-state index in [9.17, 15) is 9.59 Å². The number of ether oxygens (including phenoxy) is 1. The predicted molar refractivity (Wildman–Crippen MR) is 147 cm³/mol. The number of nitrogens with one attached hydrogen (secondary N) is 1. The molecule has 0 bridgehead atoms. The SMILES string of the molecule is CCCCNC(=O)CSc1nc2c(sc(=S)n2CCN(CC)CC)c(=O)n1-c1ccccc1OC. The first-order valence-corrected chi connectivity index (χ1v) is 14.1. The molecule has 3 rings (SSSR count). The van der Waals surface area contributed by atoms with Crippen LogP contribution in [0.3, 0.4) is 0 Å². The van der Waals surface area contributed by atoms with Gasteiger partial charge in [0, 0.05) is 19.6 Å². The number of hydrogen-bond acceptors (Lipinski definition) is 8. The number of rotatable bonds is 13. The third-order valence-corrected chi connectivity index (χ3v) is 8.07. The molecule has 35 heavy (non-hydrogen) atoms. The first kappa shape index (κ1) is 27.4. The van der Waals surface area contributed by atoms with Crippen molar-refractivity contribution in [3.63, 3.8) is 0 Å². The van der Waals surface area contributed by atoms with Gasteiger partial charge in [-0.2, -0.15) is 0 Å². The second kappa shape index (κ2) is 13.2. The average Bonchev–Trinajstić information content (AvgIpc) is 3.19. The van der Waals surface area contributed by atoms with E-state index in [0.717, 1.165) is 32.5 Å². The number of amides is 1. The number of likely N-dealkylation sites (N-methyl/N-ethyl adjacent to an activating group) is 1. The summed E-state index contributed by atoms with van der Waals surface area (Å²) in [5.41, 5.74) is 0.931. The quantitative estimate of drug-likeness (QED) is 0.151. The van der Waals surface area contributed by atoms with Gasteiger partial charge in [0.15, 0.2) is 14.8 Å². The lowest BCUT2D eigenvalue weighted by molar-refractivity contribution is -0.118. The zero-order valence-electron chi connectivity index (χ0n) is 20.7. The molecule has 0 spiro atoms. The molecular formula is C24H33N5O3S3. The van der Waals surface area contributed by atoms with Crippen molar-refractivity contribution >= 4 is 51.6 Å². The van der Waals surface area contributed by atoms with Crippen molar-refractivity contribution in [2.45, 2.75) is 45.3 Å². The minimum absolute atomic E-state index is 0.0898. The highest BCUT2D eigenvalue weighted by Crippen LogP contribution is 2.29. The van der Waals surface area contributed by atoms with Crippen LogP contribution in [-0.2, 0) is 11.3 Å². The maximum atomic E-state index is 13.8. The number of para-hydroxylation sites is 2. The van der Waals surface area contributed by atoms with E-state index in [4.69, 9.17) is 21.9 Å². The maximum Gasteiger partial charge on any atom is 0.278 e. The Labute approximate surface area is 219 Å². The van der Waals surface area contributed by atoms with Crippen molar-refractivity contribution in [3.8, 4) is 11.4 Å². The number of thioether (sulfide) groups is 1. The summed E-state index contributed by atoms with van der Waals surface area (Å²) in [4.78, 5) is 33.4. The Bertz CT molecular complexity index is 1260. The van der Waals surface area contributed by atoms with E-state index < -0.39 is 0 Å². The number of benzene rings is 1. The molecule has 1 amide bonds. The van der Waals surface area contributed by atoms with Gasteiger partial charge in [0.05, 0.1) is 18.6 Å². The molecule has 11 heteroatoms. The van der Waals surface area contributed by atoms with Gasteiger partial charge in [-0.3, -0.25) is 14.2 Å². The highest BCUT2D eigenvalue weighted by atomic mass is 32.2. The average molecular weight is 536 g/mol. The summed E-state index contributed by atoms with van der Waals surface area (Å²) >= 11 is 8.15. The Kier molecular flexibility index (Phi) is 10.3. The standard InChI is InChI=1S/C24H33N5O3S3/c1-5-8-13-25-19(30)16-34-23-26-21-20(35-24(33)28(21)15-14-27(6-2)7-3)22(31)29(23)17-11-9-10-12-18(17)32-4/h9-12H,5-8,13-16H2,1-4H3,(H,25,30). The molecule has 0 fully saturated rings. The summed E-state index contributed by atoms with van der Waals surface area (Å²) < 4.78 is 10.1. The molecule has 0 unspecified atom stereocenters. The number of hydrogen-bond donors (Lipinski definition) is 1. The number of thiazole rings is 1. The molecule has 190 valence electrons. The fraction of sp³-hybridized carbons (Fsp3) is 0.500. The molecule has 0 saturated carbocycles. The van der Waals surface area contributed by atoms with E-state index in [1.54, 1.807) is 13.2 Å². The Balaban J connectivity index is 2.09. The van der Waals surface area contributed by atoms with E-state index in [0.29, 0.717) is 44.0 Å². The van der Waals surface area contributed by atoms with Crippen LogP contribution in [0.2, 0.25) is 0 Å². The maximum absolute atomic E-state index is 13.8. The Morgan fingerprint density at radius 1 is 1.26 bits per heavy atom. The number of nitrogens with zero attached hydrogens (tertiary/aromatic N) is 4. The monoisotopic (exact) mass is 535 g/mol. The zero-order chi connectivity index (χ0) is 25.4. The van der Waals surface area contributed by atoms with Gasteiger partial charge in [-0.05, 0) is 43.9 Å². The number of carbonyl (C=O) groups excluding carboxylic acids is 1. The third kappa shape index (κ3) is 6.52. The number of methoxy groups -OCH3 is 1. The van der Waals surface area contributed by atoms with Crippen molar-refractivity contribution in [3.05, 3.63) is 38.6 Å². The number of carbonyl (C=O) groups is 1. The van der Waals surface area contributed by atoms with E-state index in [-0.39, 0.29) is 17.2 Å². The molecule has 2 aromatic heterocycles. The lowest BCUT2D eigenvalue weighted by atomic mass is 10.3. The smallest absolute Gasteiger partial charge is 0.278 e. The number of unbranched alkanes of at least 4 members (excludes halogenated alkanes) is 1. The lowest BCUT2D eigenvalue weighted by Crippen LogP contribution is -2.28. The molecule has 0 aliphatic rings. The van der Waals surface area contributed by atoms with E-state index in [1.165, 1.54) is 27.7 Å². The van der Waals surface area contributed by atoms with Gasteiger partial charge in [0.2, 0.25) is 5.91 Å². The summed E-state index contributed by atoms with van der Waals surface area (Å²) in [7, 11) is 1.57. The molecule has 0 saturated heterocycles. The van der Waals surface area contributed by atoms with Crippen LogP contribution in [0.4, 0.5) is 0 Å². The first-order chi connectivity index (χ1) is 16.9. The molecule has 1 N–H and O–H groups in total. The summed E-state index contributed by atoms with van der Waals surface area (Å²) in [6.45, 7) is 10.3. The van der Waals surface area contributed by atoms with Crippen LogP contribution in [0, 0.1) is 3.95 Å². The van der Waals surface area contributed by atoms with Crippen molar-refractivity contribution in [1.82, 2.24) is 24.3 Å². The van der Waals surface area contributed by atoms with Crippen LogP contribution in [0.1, 0.15) is 33.6 Å². The molecule has 0 aliphatic heterocycles. The minimum atomic E-state index is -0.217. The third-order valence-electron chi connectivity index (χ3n) is 5.70. The van der Waals surface area contributed by atoms with Crippen molar-refractivity contribution in [1.29, 1.82) is 0 Å². The van der Waals surface area contributed by atoms with Crippen LogP contribution in [0.5, 0.6) is 5.75 Å². The number of aromatic nitrogens is 3. The topological polar surface area (TPSA) is 81.4 Å². The Hall–Kier alpha value is -2.21. The molecule has 3 aromatic rings. The van der Waals surface area contributed by atoms with Gasteiger partial charge < -0.3 is 19.5 Å². The minimum Gasteiger partial charge on any atom is -0.495 e. The first-order valence-electron chi connectivity index (χ1n) is 11.9. The van der Waals surface area contributed by atoms with Gasteiger partial charge in [-0.15, -0.1) is 0 Å². The molecule has 1 aromatic carbocycles. The van der Waals surface area contributed by atoms with E-state index in [1.807, 2.05) is 22.8 Å². The van der Waals surface area contributed by atoms with Crippen LogP contribution >= 0.6 is 35.3 Å². The number of fused-ring (bicyclic) bond motifs is 1. The van der Waals surface area contributed by atoms with Gasteiger partial charge in [0.25, 0.3) is 5.56 Å². The predicted octanol–water partition coefficient (Wildman–Crippen LogP) is 4.34.